The van der Waals surface area contributed by atoms with Crippen LogP contribution in [0.25, 0.3) is 11.5 Å². The van der Waals surface area contributed by atoms with E-state index in [0.717, 1.165) is 5.56 Å². The van der Waals surface area contributed by atoms with Crippen molar-refractivity contribution in [3.63, 3.8) is 0 Å². The molecule has 1 N–H and O–H groups in total. The van der Waals surface area contributed by atoms with E-state index in [9.17, 15) is 4.79 Å². The zero-order valence-corrected chi connectivity index (χ0v) is 12.5. The largest absolute Gasteiger partial charge is 0.484 e. The number of carbonyl (C=O) groups is 1. The molecule has 0 fully saturated rings. The van der Waals surface area contributed by atoms with Crippen LogP contribution in [-0.4, -0.2) is 16.1 Å². The molecule has 23 heavy (non-hydrogen) atoms. The fourth-order valence-electron chi connectivity index (χ4n) is 2.18. The first-order valence-corrected chi connectivity index (χ1v) is 7.14. The molecule has 3 rings (SSSR count). The number of furan rings is 1. The predicted molar refractivity (Wildman–Crippen MR) is 84.4 cm³/mol. The highest BCUT2D eigenvalue weighted by atomic mass is 16.5. The van der Waals surface area contributed by atoms with Crippen molar-refractivity contribution < 1.29 is 19.1 Å². The number of ether oxygens (including phenoxy) is 1. The Balaban J connectivity index is 1.73. The minimum Gasteiger partial charge on any atom is -0.484 e. The van der Waals surface area contributed by atoms with Crippen molar-refractivity contribution in [1.29, 1.82) is 0 Å². The van der Waals surface area contributed by atoms with Gasteiger partial charge in [0.1, 0.15) is 17.5 Å². The third-order valence-electron chi connectivity index (χ3n) is 3.39. The van der Waals surface area contributed by atoms with Crippen LogP contribution in [-0.2, 0) is 0 Å². The molecule has 1 aromatic carbocycles. The quantitative estimate of drug-likeness (QED) is 0.765. The Morgan fingerprint density at radius 2 is 1.91 bits per heavy atom. The van der Waals surface area contributed by atoms with Crippen LogP contribution in [0.5, 0.6) is 5.75 Å². The minimum atomic E-state index is -1.10. The molecular formula is C18H15NO4. The third-order valence-corrected chi connectivity index (χ3v) is 3.39. The summed E-state index contributed by atoms with van der Waals surface area (Å²) in [4.78, 5) is 15.1. The van der Waals surface area contributed by atoms with Gasteiger partial charge in [0, 0.05) is 0 Å². The van der Waals surface area contributed by atoms with Gasteiger partial charge in [-0.3, -0.25) is 0 Å². The molecule has 0 unspecified atom stereocenters. The van der Waals surface area contributed by atoms with Gasteiger partial charge in [-0.2, -0.15) is 0 Å². The third kappa shape index (κ3) is 3.40. The van der Waals surface area contributed by atoms with Gasteiger partial charge in [0.05, 0.1) is 6.20 Å². The van der Waals surface area contributed by atoms with E-state index in [0.29, 0.717) is 17.2 Å². The monoisotopic (exact) mass is 309 g/mol. The zero-order valence-electron chi connectivity index (χ0n) is 12.5. The number of aromatic nitrogens is 1. The average Bonchev–Trinajstić information content (AvgIpc) is 3.07. The lowest BCUT2D eigenvalue weighted by atomic mass is 10.1. The summed E-state index contributed by atoms with van der Waals surface area (Å²) in [6.45, 7) is 1.97. The molecule has 5 heteroatoms. The molecule has 5 nitrogen and oxygen atoms in total. The van der Waals surface area contributed by atoms with Gasteiger partial charge in [-0.25, -0.2) is 9.78 Å². The summed E-state index contributed by atoms with van der Waals surface area (Å²) in [5, 5.41) is 8.86. The number of carboxylic acids is 1. The average molecular weight is 309 g/mol. The SMILES string of the molecule is C[C@H](Oc1ccc(-c2ccc(C(=O)O)o2)nc1)c1ccccc1. The number of rotatable bonds is 5. The van der Waals surface area contributed by atoms with Crippen LogP contribution in [0.1, 0.15) is 29.1 Å². The summed E-state index contributed by atoms with van der Waals surface area (Å²) < 4.78 is 11.1. The Bertz CT molecular complexity index is 793. The van der Waals surface area contributed by atoms with Gasteiger partial charge in [0.2, 0.25) is 5.76 Å². The molecule has 1 atom stereocenters. The summed E-state index contributed by atoms with van der Waals surface area (Å²) in [5.41, 5.74) is 1.63. The Labute approximate surface area is 133 Å². The predicted octanol–water partition coefficient (Wildman–Crippen LogP) is 4.18. The molecule has 3 aromatic rings. The smallest absolute Gasteiger partial charge is 0.371 e. The second-order valence-corrected chi connectivity index (χ2v) is 5.02. The van der Waals surface area contributed by atoms with E-state index in [2.05, 4.69) is 4.98 Å². The summed E-state index contributed by atoms with van der Waals surface area (Å²) >= 11 is 0. The van der Waals surface area contributed by atoms with Crippen LogP contribution in [0.4, 0.5) is 0 Å². The number of pyridine rings is 1. The molecule has 0 aliphatic heterocycles. The maximum atomic E-state index is 10.8. The number of aromatic carboxylic acids is 1. The summed E-state index contributed by atoms with van der Waals surface area (Å²) in [6, 6.07) is 16.4. The van der Waals surface area contributed by atoms with Crippen molar-refractivity contribution in [2.24, 2.45) is 0 Å². The van der Waals surface area contributed by atoms with Crippen LogP contribution < -0.4 is 4.74 Å². The first-order chi connectivity index (χ1) is 11.1. The first-order valence-electron chi connectivity index (χ1n) is 7.14. The van der Waals surface area contributed by atoms with Gasteiger partial charge >= 0.3 is 5.97 Å². The van der Waals surface area contributed by atoms with E-state index in [4.69, 9.17) is 14.3 Å². The lowest BCUT2D eigenvalue weighted by molar-refractivity contribution is 0.0663. The second-order valence-electron chi connectivity index (χ2n) is 5.02. The molecular weight excluding hydrogens is 294 g/mol. The molecule has 2 aromatic heterocycles. The Morgan fingerprint density at radius 3 is 2.52 bits per heavy atom. The number of benzene rings is 1. The molecule has 0 saturated heterocycles. The topological polar surface area (TPSA) is 72.6 Å². The molecule has 0 saturated carbocycles. The van der Waals surface area contributed by atoms with Gasteiger partial charge in [0.25, 0.3) is 0 Å². The van der Waals surface area contributed by atoms with Crippen LogP contribution in [0.15, 0.2) is 65.2 Å². The lowest BCUT2D eigenvalue weighted by Crippen LogP contribution is -2.03. The normalized spacial score (nSPS) is 11.9. The zero-order chi connectivity index (χ0) is 16.2. The molecule has 0 radical (unpaired) electrons. The fraction of sp³-hybridized carbons (Fsp3) is 0.111. The molecule has 0 aliphatic carbocycles. The number of hydrogen-bond acceptors (Lipinski definition) is 4. The van der Waals surface area contributed by atoms with Crippen LogP contribution in [0, 0.1) is 0 Å². The number of carboxylic acid groups (broad SMARTS) is 1. The molecule has 0 bridgehead atoms. The molecule has 0 aliphatic rings. The van der Waals surface area contributed by atoms with E-state index < -0.39 is 5.97 Å². The van der Waals surface area contributed by atoms with Gasteiger partial charge < -0.3 is 14.3 Å². The van der Waals surface area contributed by atoms with Gasteiger partial charge in [0.15, 0.2) is 5.76 Å². The highest BCUT2D eigenvalue weighted by Gasteiger charge is 2.12. The van der Waals surface area contributed by atoms with Crippen LogP contribution in [0.3, 0.4) is 0 Å². The van der Waals surface area contributed by atoms with Crippen LogP contribution in [0.2, 0.25) is 0 Å². The lowest BCUT2D eigenvalue weighted by Gasteiger charge is -2.14. The van der Waals surface area contributed by atoms with Crippen molar-refractivity contribution in [1.82, 2.24) is 4.98 Å². The highest BCUT2D eigenvalue weighted by molar-refractivity contribution is 5.85. The van der Waals surface area contributed by atoms with Crippen molar-refractivity contribution in [2.45, 2.75) is 13.0 Å². The summed E-state index contributed by atoms with van der Waals surface area (Å²) in [7, 11) is 0. The van der Waals surface area contributed by atoms with Crippen molar-refractivity contribution in [3.05, 3.63) is 72.1 Å². The van der Waals surface area contributed by atoms with Gasteiger partial charge in [-0.05, 0) is 36.8 Å². The molecule has 0 spiro atoms. The van der Waals surface area contributed by atoms with Gasteiger partial charge in [-0.15, -0.1) is 0 Å². The maximum Gasteiger partial charge on any atom is 0.371 e. The number of hydrogen-bond donors (Lipinski definition) is 1. The summed E-state index contributed by atoms with van der Waals surface area (Å²) in [5.74, 6) is -0.173. The maximum absolute atomic E-state index is 10.8. The number of nitrogens with zero attached hydrogens (tertiary/aromatic N) is 1. The standard InChI is InChI=1S/C18H15NO4/c1-12(13-5-3-2-4-6-13)22-14-7-8-15(19-11-14)16-9-10-17(23-16)18(20)21/h2-12H,1H3,(H,20,21)/t12-/m0/s1. The molecule has 116 valence electrons. The molecule has 2 heterocycles. The van der Waals surface area contributed by atoms with Crippen LogP contribution >= 0.6 is 0 Å². The second kappa shape index (κ2) is 6.36. The highest BCUT2D eigenvalue weighted by Crippen LogP contribution is 2.25. The Kier molecular flexibility index (Phi) is 4.10. The van der Waals surface area contributed by atoms with E-state index >= 15 is 0 Å². The Morgan fingerprint density at radius 1 is 1.13 bits per heavy atom. The van der Waals surface area contributed by atoms with E-state index in [1.54, 1.807) is 24.4 Å². The molecule has 0 amide bonds. The van der Waals surface area contributed by atoms with Crippen molar-refractivity contribution in [2.75, 3.05) is 0 Å². The first kappa shape index (κ1) is 14.8. The van der Waals surface area contributed by atoms with E-state index in [-0.39, 0.29) is 11.9 Å². The summed E-state index contributed by atoms with van der Waals surface area (Å²) in [6.07, 6.45) is 1.50. The minimum absolute atomic E-state index is 0.0916. The van der Waals surface area contributed by atoms with Crippen molar-refractivity contribution in [3.8, 4) is 17.2 Å². The van der Waals surface area contributed by atoms with E-state index in [1.165, 1.54) is 6.07 Å². The van der Waals surface area contributed by atoms with Gasteiger partial charge in [-0.1, -0.05) is 30.3 Å². The fourth-order valence-corrected chi connectivity index (χ4v) is 2.18. The Hall–Kier alpha value is -3.08. The van der Waals surface area contributed by atoms with Crippen molar-refractivity contribution >= 4 is 5.97 Å². The van der Waals surface area contributed by atoms with E-state index in [1.807, 2.05) is 37.3 Å².